The number of nitrogens with zero attached hydrogens (tertiary/aromatic N) is 1. The van der Waals surface area contributed by atoms with Crippen LogP contribution in [0.5, 0.6) is 5.75 Å². The lowest BCUT2D eigenvalue weighted by Crippen LogP contribution is -2.45. The van der Waals surface area contributed by atoms with Gasteiger partial charge in [0.15, 0.2) is 0 Å². The topological polar surface area (TPSA) is 24.5 Å². The zero-order valence-corrected chi connectivity index (χ0v) is 13.6. The van der Waals surface area contributed by atoms with Crippen LogP contribution in [0.2, 0.25) is 0 Å². The normalized spacial score (nSPS) is 17.4. The third-order valence-corrected chi connectivity index (χ3v) is 3.85. The van der Waals surface area contributed by atoms with Crippen LogP contribution in [0.4, 0.5) is 17.6 Å². The van der Waals surface area contributed by atoms with Crippen LogP contribution in [0, 0.1) is 5.82 Å². The van der Waals surface area contributed by atoms with Crippen molar-refractivity contribution in [2.75, 3.05) is 33.3 Å². The number of methoxy groups -OCH3 is 1. The van der Waals surface area contributed by atoms with E-state index in [0.29, 0.717) is 24.4 Å². The van der Waals surface area contributed by atoms with Crippen LogP contribution in [0.25, 0.3) is 0 Å². The predicted molar refractivity (Wildman–Crippen MR) is 82.7 cm³/mol. The van der Waals surface area contributed by atoms with Gasteiger partial charge in [-0.2, -0.15) is 13.2 Å². The first kappa shape index (κ1) is 20.0. The Kier molecular flexibility index (Phi) is 7.57. The molecule has 23 heavy (non-hydrogen) atoms. The summed E-state index contributed by atoms with van der Waals surface area (Å²) in [6.07, 6.45) is -5.15. The highest BCUT2D eigenvalue weighted by molar-refractivity contribution is 5.85. The van der Waals surface area contributed by atoms with Crippen molar-refractivity contribution in [3.63, 3.8) is 0 Å². The van der Waals surface area contributed by atoms with E-state index in [1.807, 2.05) is 4.90 Å². The van der Waals surface area contributed by atoms with Gasteiger partial charge in [-0.05, 0) is 12.5 Å². The molecule has 1 fully saturated rings. The number of alkyl halides is 3. The van der Waals surface area contributed by atoms with Gasteiger partial charge in [-0.3, -0.25) is 4.90 Å². The number of halogens is 5. The van der Waals surface area contributed by atoms with Crippen LogP contribution in [0.3, 0.4) is 0 Å². The van der Waals surface area contributed by atoms with Gasteiger partial charge in [0.1, 0.15) is 11.6 Å². The quantitative estimate of drug-likeness (QED) is 0.817. The zero-order valence-electron chi connectivity index (χ0n) is 12.8. The summed E-state index contributed by atoms with van der Waals surface area (Å²) in [7, 11) is 1.40. The van der Waals surface area contributed by atoms with E-state index in [-0.39, 0.29) is 18.8 Å². The van der Waals surface area contributed by atoms with E-state index >= 15 is 0 Å². The van der Waals surface area contributed by atoms with Crippen molar-refractivity contribution in [2.24, 2.45) is 0 Å². The lowest BCUT2D eigenvalue weighted by Gasteiger charge is -2.36. The Morgan fingerprint density at radius 3 is 2.48 bits per heavy atom. The first-order valence-corrected chi connectivity index (χ1v) is 7.25. The van der Waals surface area contributed by atoms with Gasteiger partial charge in [0.25, 0.3) is 0 Å². The summed E-state index contributed by atoms with van der Waals surface area (Å²) in [5.74, 6) is -0.166. The Labute approximate surface area is 139 Å². The van der Waals surface area contributed by atoms with Crippen molar-refractivity contribution < 1.29 is 22.3 Å². The summed E-state index contributed by atoms with van der Waals surface area (Å²) in [4.78, 5) is 2.00. The average molecular weight is 357 g/mol. The Hall–Kier alpha value is -1.05. The highest BCUT2D eigenvalue weighted by atomic mass is 35.5. The van der Waals surface area contributed by atoms with Crippen LogP contribution in [0.1, 0.15) is 24.4 Å². The number of nitrogens with one attached hydrogen (secondary N) is 1. The molecule has 1 aliphatic heterocycles. The Bertz CT molecular complexity index is 493. The standard InChI is InChI=1S/C15H20F4N2O.ClH/c1-22-14-10-11(16)2-3-12(14)13(4-5-15(17,18)19)21-8-6-20-7-9-21;/h2-3,10,13,20H,4-9H2,1H3;1H/t13-;/m1./s1. The van der Waals surface area contributed by atoms with E-state index in [9.17, 15) is 17.6 Å². The zero-order chi connectivity index (χ0) is 16.2. The molecular weight excluding hydrogens is 336 g/mol. The summed E-state index contributed by atoms with van der Waals surface area (Å²) in [5.41, 5.74) is 0.607. The van der Waals surface area contributed by atoms with E-state index in [2.05, 4.69) is 5.32 Å². The molecule has 0 radical (unpaired) electrons. The number of ether oxygens (including phenoxy) is 1. The summed E-state index contributed by atoms with van der Waals surface area (Å²) < 4.78 is 56.4. The van der Waals surface area contributed by atoms with Crippen LogP contribution in [-0.4, -0.2) is 44.4 Å². The predicted octanol–water partition coefficient (Wildman–Crippen LogP) is 3.54. The second-order valence-electron chi connectivity index (χ2n) is 5.34. The molecule has 1 heterocycles. The number of piperazine rings is 1. The number of benzene rings is 1. The first-order valence-electron chi connectivity index (χ1n) is 7.25. The van der Waals surface area contributed by atoms with Crippen molar-refractivity contribution in [1.29, 1.82) is 0 Å². The highest BCUT2D eigenvalue weighted by Gasteiger charge is 2.32. The van der Waals surface area contributed by atoms with E-state index in [1.165, 1.54) is 25.3 Å². The third-order valence-electron chi connectivity index (χ3n) is 3.85. The van der Waals surface area contributed by atoms with Crippen molar-refractivity contribution in [3.05, 3.63) is 29.6 Å². The summed E-state index contributed by atoms with van der Waals surface area (Å²) in [5, 5.41) is 3.18. The van der Waals surface area contributed by atoms with Gasteiger partial charge < -0.3 is 10.1 Å². The van der Waals surface area contributed by atoms with Crippen molar-refractivity contribution in [3.8, 4) is 5.75 Å². The van der Waals surface area contributed by atoms with Crippen molar-refractivity contribution in [2.45, 2.75) is 25.1 Å². The molecule has 0 aromatic heterocycles. The maximum atomic E-state index is 13.3. The fraction of sp³-hybridized carbons (Fsp3) is 0.600. The van der Waals surface area contributed by atoms with Crippen LogP contribution >= 0.6 is 12.4 Å². The molecule has 1 aromatic rings. The maximum absolute atomic E-state index is 13.3. The molecule has 0 unspecified atom stereocenters. The second kappa shape index (κ2) is 8.70. The first-order chi connectivity index (χ1) is 10.4. The molecule has 1 aliphatic rings. The minimum Gasteiger partial charge on any atom is -0.496 e. The smallest absolute Gasteiger partial charge is 0.389 e. The van der Waals surface area contributed by atoms with Gasteiger partial charge >= 0.3 is 6.18 Å². The second-order valence-corrected chi connectivity index (χ2v) is 5.34. The summed E-state index contributed by atoms with van der Waals surface area (Å²) in [6, 6.07) is 3.58. The molecule has 1 atom stereocenters. The summed E-state index contributed by atoms with van der Waals surface area (Å²) in [6.45, 7) is 2.77. The lowest BCUT2D eigenvalue weighted by molar-refractivity contribution is -0.138. The number of hydrogen-bond donors (Lipinski definition) is 1. The van der Waals surface area contributed by atoms with E-state index in [4.69, 9.17) is 4.74 Å². The van der Waals surface area contributed by atoms with E-state index in [1.54, 1.807) is 0 Å². The Balaban J connectivity index is 0.00000264. The van der Waals surface area contributed by atoms with Crippen molar-refractivity contribution in [1.82, 2.24) is 10.2 Å². The SMILES string of the molecule is COc1cc(F)ccc1[C@@H](CCC(F)(F)F)N1CCNCC1.Cl. The van der Waals surface area contributed by atoms with Gasteiger partial charge in [-0.25, -0.2) is 4.39 Å². The molecule has 0 bridgehead atoms. The van der Waals surface area contributed by atoms with Crippen LogP contribution in [-0.2, 0) is 0 Å². The Morgan fingerprint density at radius 2 is 1.91 bits per heavy atom. The van der Waals surface area contributed by atoms with Gasteiger partial charge in [-0.15, -0.1) is 12.4 Å². The minimum absolute atomic E-state index is 0. The molecular formula is C15H21ClF4N2O. The molecule has 1 aromatic carbocycles. The molecule has 0 aliphatic carbocycles. The van der Waals surface area contributed by atoms with Gasteiger partial charge in [0.05, 0.1) is 7.11 Å². The fourth-order valence-electron chi connectivity index (χ4n) is 2.79. The van der Waals surface area contributed by atoms with Crippen molar-refractivity contribution >= 4 is 12.4 Å². The number of rotatable bonds is 5. The third kappa shape index (κ3) is 5.82. The summed E-state index contributed by atoms with van der Waals surface area (Å²) >= 11 is 0. The lowest BCUT2D eigenvalue weighted by atomic mass is 9.98. The number of hydrogen-bond acceptors (Lipinski definition) is 3. The molecule has 1 saturated heterocycles. The van der Waals surface area contributed by atoms with Gasteiger partial charge in [-0.1, -0.05) is 6.07 Å². The minimum atomic E-state index is -4.21. The van der Waals surface area contributed by atoms with Crippen LogP contribution < -0.4 is 10.1 Å². The molecule has 0 amide bonds. The van der Waals surface area contributed by atoms with E-state index < -0.39 is 24.5 Å². The molecule has 1 N–H and O–H groups in total. The van der Waals surface area contributed by atoms with Gasteiger partial charge in [0, 0.05) is 50.3 Å². The van der Waals surface area contributed by atoms with E-state index in [0.717, 1.165) is 13.1 Å². The average Bonchev–Trinajstić information content (AvgIpc) is 2.48. The monoisotopic (exact) mass is 356 g/mol. The van der Waals surface area contributed by atoms with Crippen LogP contribution in [0.15, 0.2) is 18.2 Å². The maximum Gasteiger partial charge on any atom is 0.389 e. The molecule has 2 rings (SSSR count). The molecule has 0 saturated carbocycles. The fourth-order valence-corrected chi connectivity index (χ4v) is 2.79. The molecule has 3 nitrogen and oxygen atoms in total. The molecule has 0 spiro atoms. The van der Waals surface area contributed by atoms with Gasteiger partial charge in [0.2, 0.25) is 0 Å². The Morgan fingerprint density at radius 1 is 1.26 bits per heavy atom. The highest BCUT2D eigenvalue weighted by Crippen LogP contribution is 2.36. The molecule has 8 heteroatoms. The molecule has 132 valence electrons. The largest absolute Gasteiger partial charge is 0.496 e.